The smallest absolute Gasteiger partial charge is 0.308 e. The van der Waals surface area contributed by atoms with Gasteiger partial charge >= 0.3 is 5.97 Å². The highest BCUT2D eigenvalue weighted by Gasteiger charge is 2.11. The number of hydrogen-bond donors (Lipinski definition) is 2. The highest BCUT2D eigenvalue weighted by Crippen LogP contribution is 2.20. The van der Waals surface area contributed by atoms with Gasteiger partial charge in [-0.15, -0.1) is 0 Å². The van der Waals surface area contributed by atoms with E-state index in [0.29, 0.717) is 13.2 Å². The Balaban J connectivity index is 2.44. The molecule has 0 radical (unpaired) electrons. The fourth-order valence-corrected chi connectivity index (χ4v) is 1.86. The summed E-state index contributed by atoms with van der Waals surface area (Å²) in [7, 11) is 0. The second-order valence-electron chi connectivity index (χ2n) is 4.00. The standard InChI is InChI=1S/C13H18BrNO3/c1-3-18-13(17)7-11(16)8-15-12-6-10(14)5-4-9(12)2/h4-6,11,15-16H,3,7-8H2,1-2H3. The van der Waals surface area contributed by atoms with Gasteiger partial charge in [0.2, 0.25) is 0 Å². The summed E-state index contributed by atoms with van der Waals surface area (Å²) in [6.45, 7) is 4.37. The van der Waals surface area contributed by atoms with E-state index < -0.39 is 6.10 Å². The van der Waals surface area contributed by atoms with Crippen LogP contribution in [0.5, 0.6) is 0 Å². The molecule has 0 aromatic heterocycles. The molecule has 0 spiro atoms. The van der Waals surface area contributed by atoms with Crippen molar-refractivity contribution >= 4 is 27.6 Å². The summed E-state index contributed by atoms with van der Waals surface area (Å²) >= 11 is 3.39. The molecule has 1 unspecified atom stereocenters. The number of ether oxygens (including phenoxy) is 1. The number of aliphatic hydroxyl groups is 1. The molecule has 1 atom stereocenters. The van der Waals surface area contributed by atoms with Gasteiger partial charge < -0.3 is 15.2 Å². The maximum absolute atomic E-state index is 11.2. The summed E-state index contributed by atoms with van der Waals surface area (Å²) in [6.07, 6.45) is -0.740. The molecular formula is C13H18BrNO3. The van der Waals surface area contributed by atoms with Crippen molar-refractivity contribution < 1.29 is 14.6 Å². The molecule has 5 heteroatoms. The average Bonchev–Trinajstić information content (AvgIpc) is 2.30. The second kappa shape index (κ2) is 7.38. The molecule has 100 valence electrons. The zero-order chi connectivity index (χ0) is 13.5. The molecule has 0 aliphatic rings. The molecule has 0 heterocycles. The molecule has 4 nitrogen and oxygen atoms in total. The number of aliphatic hydroxyl groups excluding tert-OH is 1. The third-order valence-electron chi connectivity index (χ3n) is 2.44. The average molecular weight is 316 g/mol. The van der Waals surface area contributed by atoms with Crippen LogP contribution in [-0.4, -0.2) is 30.3 Å². The van der Waals surface area contributed by atoms with Crippen LogP contribution in [-0.2, 0) is 9.53 Å². The number of carbonyl (C=O) groups excluding carboxylic acids is 1. The van der Waals surface area contributed by atoms with Crippen LogP contribution >= 0.6 is 15.9 Å². The maximum atomic E-state index is 11.2. The van der Waals surface area contributed by atoms with Crippen LogP contribution in [0, 0.1) is 6.92 Å². The van der Waals surface area contributed by atoms with Crippen molar-refractivity contribution in [3.05, 3.63) is 28.2 Å². The molecule has 1 aromatic rings. The molecular weight excluding hydrogens is 298 g/mol. The molecule has 0 aliphatic carbocycles. The first-order valence-electron chi connectivity index (χ1n) is 5.86. The zero-order valence-corrected chi connectivity index (χ0v) is 12.2. The van der Waals surface area contributed by atoms with Crippen LogP contribution in [0.15, 0.2) is 22.7 Å². The summed E-state index contributed by atoms with van der Waals surface area (Å²) in [5.41, 5.74) is 2.02. The third-order valence-corrected chi connectivity index (χ3v) is 2.93. The first kappa shape index (κ1) is 15.0. The van der Waals surface area contributed by atoms with E-state index in [1.54, 1.807) is 6.92 Å². The van der Waals surface area contributed by atoms with Gasteiger partial charge in [-0.3, -0.25) is 4.79 Å². The lowest BCUT2D eigenvalue weighted by atomic mass is 10.2. The van der Waals surface area contributed by atoms with Gasteiger partial charge in [0.15, 0.2) is 0 Å². The highest BCUT2D eigenvalue weighted by atomic mass is 79.9. The van der Waals surface area contributed by atoms with E-state index in [2.05, 4.69) is 21.2 Å². The van der Waals surface area contributed by atoms with E-state index in [0.717, 1.165) is 15.7 Å². The van der Waals surface area contributed by atoms with Gasteiger partial charge in [0.1, 0.15) is 0 Å². The van der Waals surface area contributed by atoms with E-state index in [4.69, 9.17) is 4.74 Å². The maximum Gasteiger partial charge on any atom is 0.308 e. The number of esters is 1. The fraction of sp³-hybridized carbons (Fsp3) is 0.462. The van der Waals surface area contributed by atoms with Crippen molar-refractivity contribution in [2.24, 2.45) is 0 Å². The molecule has 2 N–H and O–H groups in total. The van der Waals surface area contributed by atoms with Crippen molar-refractivity contribution in [2.45, 2.75) is 26.4 Å². The summed E-state index contributed by atoms with van der Waals surface area (Å²) in [4.78, 5) is 11.2. The highest BCUT2D eigenvalue weighted by molar-refractivity contribution is 9.10. The lowest BCUT2D eigenvalue weighted by Gasteiger charge is -2.14. The summed E-state index contributed by atoms with van der Waals surface area (Å²) in [5, 5.41) is 12.8. The lowest BCUT2D eigenvalue weighted by Crippen LogP contribution is -2.24. The molecule has 0 fully saturated rings. The molecule has 1 rings (SSSR count). The van der Waals surface area contributed by atoms with E-state index in [-0.39, 0.29) is 12.4 Å². The van der Waals surface area contributed by atoms with E-state index in [1.165, 1.54) is 0 Å². The van der Waals surface area contributed by atoms with Crippen LogP contribution < -0.4 is 5.32 Å². The van der Waals surface area contributed by atoms with Crippen molar-refractivity contribution in [3.8, 4) is 0 Å². The van der Waals surface area contributed by atoms with E-state index in [9.17, 15) is 9.90 Å². The van der Waals surface area contributed by atoms with Crippen LogP contribution in [0.2, 0.25) is 0 Å². The Morgan fingerprint density at radius 1 is 1.56 bits per heavy atom. The Kier molecular flexibility index (Phi) is 6.15. The predicted molar refractivity (Wildman–Crippen MR) is 74.6 cm³/mol. The van der Waals surface area contributed by atoms with Gasteiger partial charge in [0, 0.05) is 16.7 Å². The minimum Gasteiger partial charge on any atom is -0.466 e. The van der Waals surface area contributed by atoms with E-state index in [1.807, 2.05) is 25.1 Å². The van der Waals surface area contributed by atoms with Crippen LogP contribution in [0.3, 0.4) is 0 Å². The van der Waals surface area contributed by atoms with Crippen molar-refractivity contribution in [1.29, 1.82) is 0 Å². The van der Waals surface area contributed by atoms with Crippen LogP contribution in [0.1, 0.15) is 18.9 Å². The van der Waals surface area contributed by atoms with Crippen LogP contribution in [0.25, 0.3) is 0 Å². The molecule has 0 amide bonds. The summed E-state index contributed by atoms with van der Waals surface area (Å²) in [6, 6.07) is 5.87. The van der Waals surface area contributed by atoms with Crippen molar-refractivity contribution in [3.63, 3.8) is 0 Å². The van der Waals surface area contributed by atoms with Gasteiger partial charge in [-0.1, -0.05) is 22.0 Å². The monoisotopic (exact) mass is 315 g/mol. The van der Waals surface area contributed by atoms with Gasteiger partial charge in [-0.25, -0.2) is 0 Å². The Hall–Kier alpha value is -1.07. The topological polar surface area (TPSA) is 58.6 Å². The number of hydrogen-bond acceptors (Lipinski definition) is 4. The quantitative estimate of drug-likeness (QED) is 0.792. The Morgan fingerprint density at radius 2 is 2.28 bits per heavy atom. The number of benzene rings is 1. The number of aryl methyl sites for hydroxylation is 1. The number of rotatable bonds is 6. The molecule has 0 aliphatic heterocycles. The van der Waals surface area contributed by atoms with E-state index >= 15 is 0 Å². The van der Waals surface area contributed by atoms with Gasteiger partial charge in [-0.2, -0.15) is 0 Å². The fourth-order valence-electron chi connectivity index (χ4n) is 1.50. The molecule has 0 saturated carbocycles. The first-order chi connectivity index (χ1) is 8.52. The molecule has 0 bridgehead atoms. The van der Waals surface area contributed by atoms with Gasteiger partial charge in [-0.05, 0) is 31.5 Å². The lowest BCUT2D eigenvalue weighted by molar-refractivity contribution is -0.145. The van der Waals surface area contributed by atoms with Gasteiger partial charge in [0.05, 0.1) is 19.1 Å². The molecule has 0 saturated heterocycles. The number of carbonyl (C=O) groups is 1. The predicted octanol–water partition coefficient (Wildman–Crippen LogP) is 2.48. The Labute approximate surface area is 115 Å². The second-order valence-corrected chi connectivity index (χ2v) is 4.92. The Morgan fingerprint density at radius 3 is 2.94 bits per heavy atom. The zero-order valence-electron chi connectivity index (χ0n) is 10.6. The molecule has 1 aromatic carbocycles. The summed E-state index contributed by atoms with van der Waals surface area (Å²) in [5.74, 6) is -0.377. The molecule has 18 heavy (non-hydrogen) atoms. The number of halogens is 1. The van der Waals surface area contributed by atoms with Crippen molar-refractivity contribution in [1.82, 2.24) is 0 Å². The number of anilines is 1. The minimum atomic E-state index is -0.748. The minimum absolute atomic E-state index is 0.00783. The first-order valence-corrected chi connectivity index (χ1v) is 6.66. The van der Waals surface area contributed by atoms with Crippen LogP contribution in [0.4, 0.5) is 5.69 Å². The SMILES string of the molecule is CCOC(=O)CC(O)CNc1cc(Br)ccc1C. The van der Waals surface area contributed by atoms with Crippen molar-refractivity contribution in [2.75, 3.05) is 18.5 Å². The van der Waals surface area contributed by atoms with Gasteiger partial charge in [0.25, 0.3) is 0 Å². The number of nitrogens with one attached hydrogen (secondary N) is 1. The Bertz CT molecular complexity index is 409. The normalized spacial score (nSPS) is 12.0. The third kappa shape index (κ3) is 5.06. The largest absolute Gasteiger partial charge is 0.466 e. The summed E-state index contributed by atoms with van der Waals surface area (Å²) < 4.78 is 5.74.